The van der Waals surface area contributed by atoms with E-state index in [0.29, 0.717) is 6.42 Å². The van der Waals surface area contributed by atoms with Crippen molar-refractivity contribution in [3.63, 3.8) is 0 Å². The molecule has 88 valence electrons. The van der Waals surface area contributed by atoms with Crippen LogP contribution in [0.25, 0.3) is 0 Å². The van der Waals surface area contributed by atoms with Crippen molar-refractivity contribution >= 4 is 5.78 Å². The molecule has 0 amide bonds. The fraction of sp³-hybridized carbons (Fsp3) is 0.533. The van der Waals surface area contributed by atoms with Crippen molar-refractivity contribution in [2.75, 3.05) is 0 Å². The van der Waals surface area contributed by atoms with Crippen molar-refractivity contribution in [2.45, 2.75) is 46.5 Å². The van der Waals surface area contributed by atoms with E-state index < -0.39 is 0 Å². The molecule has 0 atom stereocenters. The maximum absolute atomic E-state index is 11.2. The van der Waals surface area contributed by atoms with Gasteiger partial charge in [-0.2, -0.15) is 0 Å². The van der Waals surface area contributed by atoms with Crippen LogP contribution in [0, 0.1) is 5.41 Å². The molecule has 0 aromatic rings. The van der Waals surface area contributed by atoms with Crippen LogP contribution >= 0.6 is 0 Å². The Morgan fingerprint density at radius 2 is 2.12 bits per heavy atom. The third kappa shape index (κ3) is 3.48. The van der Waals surface area contributed by atoms with Crippen molar-refractivity contribution in [1.29, 1.82) is 0 Å². The van der Waals surface area contributed by atoms with E-state index in [1.807, 2.05) is 0 Å². The quantitative estimate of drug-likeness (QED) is 0.632. The highest BCUT2D eigenvalue weighted by Crippen LogP contribution is 2.37. The highest BCUT2D eigenvalue weighted by Gasteiger charge is 2.24. The summed E-state index contributed by atoms with van der Waals surface area (Å²) in [6.07, 6.45) is 9.68. The van der Waals surface area contributed by atoms with Gasteiger partial charge in [0, 0.05) is 6.42 Å². The van der Waals surface area contributed by atoms with Gasteiger partial charge in [0.2, 0.25) is 0 Å². The van der Waals surface area contributed by atoms with Gasteiger partial charge < -0.3 is 0 Å². The van der Waals surface area contributed by atoms with Crippen molar-refractivity contribution < 1.29 is 4.79 Å². The third-order valence-corrected chi connectivity index (χ3v) is 3.45. The van der Waals surface area contributed by atoms with Crippen LogP contribution in [0.5, 0.6) is 0 Å². The van der Waals surface area contributed by atoms with Crippen LogP contribution < -0.4 is 0 Å². The zero-order chi connectivity index (χ0) is 12.2. The Hall–Kier alpha value is -1.11. The molecule has 0 unspecified atom stereocenters. The number of allylic oxidation sites excluding steroid dienone is 5. The van der Waals surface area contributed by atoms with Gasteiger partial charge in [-0.15, -0.1) is 0 Å². The maximum atomic E-state index is 11.2. The van der Waals surface area contributed by atoms with Gasteiger partial charge in [0.05, 0.1) is 0 Å². The number of carbonyl (C=O) groups excluding carboxylic acids is 1. The van der Waals surface area contributed by atoms with Gasteiger partial charge in [0.25, 0.3) is 0 Å². The van der Waals surface area contributed by atoms with Crippen molar-refractivity contribution in [3.05, 3.63) is 36.0 Å². The van der Waals surface area contributed by atoms with Crippen LogP contribution in [0.15, 0.2) is 36.0 Å². The Balaban J connectivity index is 2.63. The average Bonchev–Trinajstić information content (AvgIpc) is 2.26. The Morgan fingerprint density at radius 1 is 1.44 bits per heavy atom. The number of hydrogen-bond acceptors (Lipinski definition) is 1. The second-order valence-corrected chi connectivity index (χ2v) is 5.26. The molecule has 1 rings (SSSR count). The fourth-order valence-electron chi connectivity index (χ4n) is 2.00. The molecular weight excluding hydrogens is 196 g/mol. The molecule has 1 aliphatic carbocycles. The van der Waals surface area contributed by atoms with Gasteiger partial charge in [-0.3, -0.25) is 4.79 Å². The molecule has 16 heavy (non-hydrogen) atoms. The molecule has 0 fully saturated rings. The normalized spacial score (nSPS) is 16.4. The molecule has 0 bridgehead atoms. The van der Waals surface area contributed by atoms with Gasteiger partial charge in [-0.25, -0.2) is 0 Å². The predicted octanol–water partition coefficient (Wildman–Crippen LogP) is 4.21. The molecule has 1 aliphatic rings. The van der Waals surface area contributed by atoms with E-state index in [-0.39, 0.29) is 11.2 Å². The van der Waals surface area contributed by atoms with Crippen molar-refractivity contribution in [1.82, 2.24) is 0 Å². The summed E-state index contributed by atoms with van der Waals surface area (Å²) in [6.45, 7) is 10.1. The summed E-state index contributed by atoms with van der Waals surface area (Å²) in [5, 5.41) is 0. The Kier molecular flexibility index (Phi) is 4.28. The Bertz CT molecular complexity index is 342. The smallest absolute Gasteiger partial charge is 0.155 e. The summed E-state index contributed by atoms with van der Waals surface area (Å²) < 4.78 is 0. The maximum Gasteiger partial charge on any atom is 0.155 e. The molecule has 1 heteroatoms. The first-order valence-electron chi connectivity index (χ1n) is 5.98. The fourth-order valence-corrected chi connectivity index (χ4v) is 2.00. The zero-order valence-electron chi connectivity index (χ0n) is 10.7. The molecule has 0 aliphatic heterocycles. The number of hydrogen-bond donors (Lipinski definition) is 0. The second-order valence-electron chi connectivity index (χ2n) is 5.26. The lowest BCUT2D eigenvalue weighted by atomic mass is 9.75. The molecule has 0 saturated heterocycles. The molecule has 0 aromatic carbocycles. The van der Waals surface area contributed by atoms with E-state index in [0.717, 1.165) is 19.3 Å². The van der Waals surface area contributed by atoms with Gasteiger partial charge in [0.15, 0.2) is 5.78 Å². The summed E-state index contributed by atoms with van der Waals surface area (Å²) in [5.41, 5.74) is 3.05. The zero-order valence-corrected chi connectivity index (χ0v) is 10.7. The molecule has 0 radical (unpaired) electrons. The van der Waals surface area contributed by atoms with Gasteiger partial charge in [0.1, 0.15) is 0 Å². The third-order valence-electron chi connectivity index (χ3n) is 3.45. The van der Waals surface area contributed by atoms with Crippen LogP contribution in [-0.4, -0.2) is 5.78 Å². The summed E-state index contributed by atoms with van der Waals surface area (Å²) in [7, 11) is 0. The van der Waals surface area contributed by atoms with Crippen LogP contribution in [0.4, 0.5) is 0 Å². The van der Waals surface area contributed by atoms with Gasteiger partial charge in [-0.1, -0.05) is 43.7 Å². The monoisotopic (exact) mass is 218 g/mol. The highest BCUT2D eigenvalue weighted by molar-refractivity contribution is 5.89. The summed E-state index contributed by atoms with van der Waals surface area (Å²) >= 11 is 0. The second kappa shape index (κ2) is 5.29. The number of rotatable bonds is 5. The standard InChI is InChI=1S/C15H22O/c1-5-14(16)10-11-15(3,4)13-8-6-12(2)7-9-13/h5-6,8H,1,7,9-11H2,2-4H3. The summed E-state index contributed by atoms with van der Waals surface area (Å²) in [4.78, 5) is 11.2. The topological polar surface area (TPSA) is 17.1 Å². The largest absolute Gasteiger partial charge is 0.295 e. The Labute approximate surface area is 98.9 Å². The Morgan fingerprint density at radius 3 is 2.62 bits per heavy atom. The van der Waals surface area contributed by atoms with Crippen LogP contribution in [0.3, 0.4) is 0 Å². The average molecular weight is 218 g/mol. The number of carbonyl (C=O) groups is 1. The minimum Gasteiger partial charge on any atom is -0.295 e. The van der Waals surface area contributed by atoms with Crippen LogP contribution in [0.2, 0.25) is 0 Å². The molecule has 0 spiro atoms. The van der Waals surface area contributed by atoms with E-state index in [1.165, 1.54) is 17.2 Å². The lowest BCUT2D eigenvalue weighted by Gasteiger charge is -2.29. The van der Waals surface area contributed by atoms with Gasteiger partial charge >= 0.3 is 0 Å². The van der Waals surface area contributed by atoms with Crippen molar-refractivity contribution in [2.24, 2.45) is 5.41 Å². The minimum atomic E-state index is 0.135. The first-order valence-corrected chi connectivity index (χ1v) is 5.98. The van der Waals surface area contributed by atoms with E-state index in [1.54, 1.807) is 0 Å². The van der Waals surface area contributed by atoms with Crippen LogP contribution in [0.1, 0.15) is 46.5 Å². The first kappa shape index (κ1) is 13.0. The van der Waals surface area contributed by atoms with Gasteiger partial charge in [-0.05, 0) is 37.7 Å². The number of ketones is 1. The van der Waals surface area contributed by atoms with Crippen molar-refractivity contribution in [3.8, 4) is 0 Å². The molecular formula is C15H22O. The highest BCUT2D eigenvalue weighted by atomic mass is 16.1. The van der Waals surface area contributed by atoms with E-state index >= 15 is 0 Å². The van der Waals surface area contributed by atoms with E-state index in [9.17, 15) is 4.79 Å². The molecule has 0 heterocycles. The predicted molar refractivity (Wildman–Crippen MR) is 69.3 cm³/mol. The molecule has 1 nitrogen and oxygen atoms in total. The summed E-state index contributed by atoms with van der Waals surface area (Å²) in [5.74, 6) is 0.149. The summed E-state index contributed by atoms with van der Waals surface area (Å²) in [6, 6.07) is 0. The minimum absolute atomic E-state index is 0.135. The molecule has 0 saturated carbocycles. The lowest BCUT2D eigenvalue weighted by Crippen LogP contribution is -2.17. The first-order chi connectivity index (χ1) is 7.45. The lowest BCUT2D eigenvalue weighted by molar-refractivity contribution is -0.115. The van der Waals surface area contributed by atoms with Crippen LogP contribution in [-0.2, 0) is 4.79 Å². The molecule has 0 aromatic heterocycles. The SMILES string of the molecule is C=CC(=O)CCC(C)(C)C1=CC=C(C)CC1. The molecule has 0 N–H and O–H groups in total. The van der Waals surface area contributed by atoms with E-state index in [2.05, 4.69) is 39.5 Å². The van der Waals surface area contributed by atoms with E-state index in [4.69, 9.17) is 0 Å².